The van der Waals surface area contributed by atoms with Crippen molar-refractivity contribution in [1.29, 1.82) is 0 Å². The van der Waals surface area contributed by atoms with Gasteiger partial charge in [-0.1, -0.05) is 6.07 Å². The van der Waals surface area contributed by atoms with Crippen LogP contribution in [0.5, 0.6) is 0 Å². The van der Waals surface area contributed by atoms with Crippen molar-refractivity contribution in [3.8, 4) is 0 Å². The number of anilines is 2. The second kappa shape index (κ2) is 4.60. The van der Waals surface area contributed by atoms with Gasteiger partial charge in [-0.25, -0.2) is 0 Å². The van der Waals surface area contributed by atoms with E-state index in [0.29, 0.717) is 0 Å². The summed E-state index contributed by atoms with van der Waals surface area (Å²) in [6, 6.07) is 7.85. The first-order valence-corrected chi connectivity index (χ1v) is 5.90. The minimum Gasteiger partial charge on any atom is -0.399 e. The van der Waals surface area contributed by atoms with Crippen LogP contribution in [0.2, 0.25) is 0 Å². The molecule has 2 nitrogen and oxygen atoms in total. The van der Waals surface area contributed by atoms with E-state index in [4.69, 9.17) is 5.73 Å². The average molecular weight is 210 g/mol. The first-order valence-electron chi connectivity index (χ1n) is 4.68. The first-order chi connectivity index (χ1) is 6.53. The van der Waals surface area contributed by atoms with Crippen LogP contribution in [-0.2, 0) is 0 Å². The zero-order valence-corrected chi connectivity index (χ0v) is 9.82. The van der Waals surface area contributed by atoms with Crippen molar-refractivity contribution in [1.82, 2.24) is 0 Å². The van der Waals surface area contributed by atoms with E-state index in [2.05, 4.69) is 25.4 Å². The summed E-state index contributed by atoms with van der Waals surface area (Å²) in [5.41, 5.74) is 7.58. The molecule has 1 aromatic carbocycles. The van der Waals surface area contributed by atoms with Crippen molar-refractivity contribution in [3.63, 3.8) is 0 Å². The molecule has 1 rings (SSSR count). The Hall–Kier alpha value is -0.830. The van der Waals surface area contributed by atoms with Crippen LogP contribution in [0.1, 0.15) is 13.8 Å². The van der Waals surface area contributed by atoms with Gasteiger partial charge in [0.25, 0.3) is 0 Å². The topological polar surface area (TPSA) is 38.0 Å². The predicted octanol–water partition coefficient (Wildman–Crippen LogP) is 2.82. The summed E-state index contributed by atoms with van der Waals surface area (Å²) in [5.74, 6) is 0. The Bertz CT molecular complexity index is 297. The number of thioether (sulfide) groups is 1. The van der Waals surface area contributed by atoms with E-state index in [0.717, 1.165) is 17.9 Å². The third kappa shape index (κ3) is 3.50. The van der Waals surface area contributed by atoms with Crippen LogP contribution in [-0.4, -0.2) is 17.5 Å². The molecule has 3 heteroatoms. The monoisotopic (exact) mass is 210 g/mol. The van der Waals surface area contributed by atoms with Gasteiger partial charge in [0.1, 0.15) is 0 Å². The standard InChI is InChI=1S/C11H18N2S/c1-11(2,14-3)8-13-10-6-4-5-9(12)7-10/h4-7,13H,8,12H2,1-3H3. The van der Waals surface area contributed by atoms with E-state index in [1.807, 2.05) is 36.0 Å². The van der Waals surface area contributed by atoms with Crippen LogP contribution in [0, 0.1) is 0 Å². The van der Waals surface area contributed by atoms with Crippen molar-refractivity contribution in [2.24, 2.45) is 0 Å². The second-order valence-corrected chi connectivity index (χ2v) is 5.46. The highest BCUT2D eigenvalue weighted by atomic mass is 32.2. The number of hydrogen-bond donors (Lipinski definition) is 2. The van der Waals surface area contributed by atoms with Gasteiger partial charge in [-0.3, -0.25) is 0 Å². The molecule has 0 radical (unpaired) electrons. The van der Waals surface area contributed by atoms with E-state index < -0.39 is 0 Å². The Balaban J connectivity index is 2.54. The minimum absolute atomic E-state index is 0.255. The van der Waals surface area contributed by atoms with Crippen LogP contribution in [0.4, 0.5) is 11.4 Å². The van der Waals surface area contributed by atoms with Gasteiger partial charge in [-0.2, -0.15) is 11.8 Å². The lowest BCUT2D eigenvalue weighted by molar-refractivity contribution is 0.753. The van der Waals surface area contributed by atoms with Gasteiger partial charge in [0.15, 0.2) is 0 Å². The molecule has 0 bridgehead atoms. The Labute approximate surface area is 90.3 Å². The molecule has 0 heterocycles. The summed E-state index contributed by atoms with van der Waals surface area (Å²) in [4.78, 5) is 0. The van der Waals surface area contributed by atoms with Crippen LogP contribution in [0.25, 0.3) is 0 Å². The molecule has 3 N–H and O–H groups in total. The van der Waals surface area contributed by atoms with E-state index in [1.54, 1.807) is 0 Å². The maximum absolute atomic E-state index is 5.69. The molecule has 1 aromatic rings. The Morgan fingerprint density at radius 3 is 2.71 bits per heavy atom. The number of nitrogens with one attached hydrogen (secondary N) is 1. The lowest BCUT2D eigenvalue weighted by Crippen LogP contribution is -2.25. The molecule has 0 aliphatic rings. The van der Waals surface area contributed by atoms with Crippen molar-refractivity contribution >= 4 is 23.1 Å². The van der Waals surface area contributed by atoms with Crippen LogP contribution < -0.4 is 11.1 Å². The van der Waals surface area contributed by atoms with Gasteiger partial charge in [0.05, 0.1) is 0 Å². The van der Waals surface area contributed by atoms with Crippen molar-refractivity contribution in [2.45, 2.75) is 18.6 Å². The molecule has 0 fully saturated rings. The molecular formula is C11H18N2S. The molecule has 0 amide bonds. The van der Waals surface area contributed by atoms with Crippen molar-refractivity contribution in [2.75, 3.05) is 23.9 Å². The summed E-state index contributed by atoms with van der Waals surface area (Å²) < 4.78 is 0.255. The van der Waals surface area contributed by atoms with Crippen LogP contribution in [0.3, 0.4) is 0 Å². The molecule has 0 unspecified atom stereocenters. The summed E-state index contributed by atoms with van der Waals surface area (Å²) in [5, 5.41) is 3.38. The molecule has 0 aliphatic carbocycles. The van der Waals surface area contributed by atoms with Gasteiger partial charge >= 0.3 is 0 Å². The van der Waals surface area contributed by atoms with E-state index in [-0.39, 0.29) is 4.75 Å². The number of hydrogen-bond acceptors (Lipinski definition) is 3. The maximum Gasteiger partial charge on any atom is 0.0361 e. The van der Waals surface area contributed by atoms with E-state index >= 15 is 0 Å². The quantitative estimate of drug-likeness (QED) is 0.750. The third-order valence-corrected chi connectivity index (χ3v) is 3.41. The van der Waals surface area contributed by atoms with Crippen molar-refractivity contribution < 1.29 is 0 Å². The zero-order valence-electron chi connectivity index (χ0n) is 9.00. The summed E-state index contributed by atoms with van der Waals surface area (Å²) in [7, 11) is 0. The summed E-state index contributed by atoms with van der Waals surface area (Å²) in [6.45, 7) is 5.38. The predicted molar refractivity (Wildman–Crippen MR) is 66.9 cm³/mol. The van der Waals surface area contributed by atoms with E-state index in [9.17, 15) is 0 Å². The number of nitrogens with two attached hydrogens (primary N) is 1. The Kier molecular flexibility index (Phi) is 3.69. The smallest absolute Gasteiger partial charge is 0.0361 e. The number of benzene rings is 1. The van der Waals surface area contributed by atoms with Crippen LogP contribution in [0.15, 0.2) is 24.3 Å². The molecule has 0 saturated carbocycles. The molecule has 14 heavy (non-hydrogen) atoms. The molecule has 0 atom stereocenters. The highest BCUT2D eigenvalue weighted by Gasteiger charge is 2.14. The number of nitrogen functional groups attached to an aromatic ring is 1. The minimum atomic E-state index is 0.255. The molecule has 0 aliphatic heterocycles. The van der Waals surface area contributed by atoms with Gasteiger partial charge in [0.2, 0.25) is 0 Å². The highest BCUT2D eigenvalue weighted by molar-refractivity contribution is 7.99. The molecular weight excluding hydrogens is 192 g/mol. The zero-order chi connectivity index (χ0) is 10.6. The fourth-order valence-corrected chi connectivity index (χ4v) is 1.25. The summed E-state index contributed by atoms with van der Waals surface area (Å²) in [6.07, 6.45) is 2.13. The second-order valence-electron chi connectivity index (χ2n) is 3.94. The lowest BCUT2D eigenvalue weighted by atomic mass is 10.2. The maximum atomic E-state index is 5.69. The van der Waals surface area contributed by atoms with Gasteiger partial charge in [0, 0.05) is 22.7 Å². The third-order valence-electron chi connectivity index (χ3n) is 2.16. The van der Waals surface area contributed by atoms with Crippen molar-refractivity contribution in [3.05, 3.63) is 24.3 Å². The molecule has 78 valence electrons. The number of rotatable bonds is 4. The van der Waals surface area contributed by atoms with Gasteiger partial charge in [-0.15, -0.1) is 0 Å². The molecule has 0 aromatic heterocycles. The van der Waals surface area contributed by atoms with Crippen LogP contribution >= 0.6 is 11.8 Å². The molecule has 0 saturated heterocycles. The largest absolute Gasteiger partial charge is 0.399 e. The SMILES string of the molecule is CSC(C)(C)CNc1cccc(N)c1. The molecule has 0 spiro atoms. The first kappa shape index (κ1) is 11.2. The normalized spacial score (nSPS) is 11.4. The fraction of sp³-hybridized carbons (Fsp3) is 0.455. The van der Waals surface area contributed by atoms with E-state index in [1.165, 1.54) is 0 Å². The highest BCUT2D eigenvalue weighted by Crippen LogP contribution is 2.22. The fourth-order valence-electron chi connectivity index (χ4n) is 1.04. The Morgan fingerprint density at radius 2 is 2.14 bits per heavy atom. The summed E-state index contributed by atoms with van der Waals surface area (Å²) >= 11 is 1.86. The Morgan fingerprint density at radius 1 is 1.43 bits per heavy atom. The lowest BCUT2D eigenvalue weighted by Gasteiger charge is -2.23. The van der Waals surface area contributed by atoms with Gasteiger partial charge < -0.3 is 11.1 Å². The van der Waals surface area contributed by atoms with Gasteiger partial charge in [-0.05, 0) is 38.3 Å². The average Bonchev–Trinajstić information content (AvgIpc) is 2.15.